The molecule has 0 fully saturated rings. The molecule has 27 heavy (non-hydrogen) atoms. The van der Waals surface area contributed by atoms with E-state index in [9.17, 15) is 18.3 Å². The SMILES string of the molecule is C[C@](O)(c1cccc(C(F)(F)F)c1)c1nc(-c2cc3ccccc3o2)no1. The van der Waals surface area contributed by atoms with Gasteiger partial charge in [-0.15, -0.1) is 0 Å². The number of benzene rings is 2. The average molecular weight is 374 g/mol. The average Bonchev–Trinajstić information content (AvgIpc) is 3.28. The zero-order valence-corrected chi connectivity index (χ0v) is 14.0. The van der Waals surface area contributed by atoms with Crippen molar-refractivity contribution in [2.24, 2.45) is 0 Å². The van der Waals surface area contributed by atoms with Crippen molar-refractivity contribution in [3.05, 3.63) is 71.6 Å². The van der Waals surface area contributed by atoms with Gasteiger partial charge in [-0.3, -0.25) is 0 Å². The van der Waals surface area contributed by atoms with Crippen molar-refractivity contribution in [3.63, 3.8) is 0 Å². The summed E-state index contributed by atoms with van der Waals surface area (Å²) in [4.78, 5) is 4.11. The van der Waals surface area contributed by atoms with Crippen LogP contribution in [0.1, 0.15) is 23.9 Å². The van der Waals surface area contributed by atoms with Crippen molar-refractivity contribution in [3.8, 4) is 11.6 Å². The van der Waals surface area contributed by atoms with Gasteiger partial charge in [-0.05, 0) is 36.8 Å². The fourth-order valence-electron chi connectivity index (χ4n) is 2.74. The number of para-hydroxylation sites is 1. The molecule has 1 atom stereocenters. The molecule has 2 heterocycles. The lowest BCUT2D eigenvalue weighted by atomic mass is 9.94. The Balaban J connectivity index is 1.71. The van der Waals surface area contributed by atoms with Gasteiger partial charge in [-0.25, -0.2) is 0 Å². The van der Waals surface area contributed by atoms with E-state index < -0.39 is 17.3 Å². The minimum atomic E-state index is -4.53. The van der Waals surface area contributed by atoms with Crippen LogP contribution in [0.5, 0.6) is 0 Å². The Hall–Kier alpha value is -3.13. The highest BCUT2D eigenvalue weighted by molar-refractivity contribution is 5.81. The third-order valence-corrected chi connectivity index (χ3v) is 4.24. The Kier molecular flexibility index (Phi) is 3.81. The third kappa shape index (κ3) is 3.08. The number of halogens is 3. The van der Waals surface area contributed by atoms with Crippen LogP contribution in [0.3, 0.4) is 0 Å². The van der Waals surface area contributed by atoms with Gasteiger partial charge in [0.15, 0.2) is 11.4 Å². The van der Waals surface area contributed by atoms with Crippen molar-refractivity contribution in [1.82, 2.24) is 10.1 Å². The predicted molar refractivity (Wildman–Crippen MR) is 89.6 cm³/mol. The fourth-order valence-corrected chi connectivity index (χ4v) is 2.74. The molecule has 2 aromatic heterocycles. The van der Waals surface area contributed by atoms with Crippen LogP contribution in [0.4, 0.5) is 13.2 Å². The van der Waals surface area contributed by atoms with Gasteiger partial charge < -0.3 is 14.0 Å². The molecule has 4 aromatic rings. The molecule has 138 valence electrons. The zero-order valence-electron chi connectivity index (χ0n) is 14.0. The molecule has 2 aromatic carbocycles. The first-order valence-corrected chi connectivity index (χ1v) is 7.98. The van der Waals surface area contributed by atoms with Crippen LogP contribution in [0.15, 0.2) is 63.5 Å². The highest BCUT2D eigenvalue weighted by Crippen LogP contribution is 2.35. The number of hydrogen-bond donors (Lipinski definition) is 1. The summed E-state index contributed by atoms with van der Waals surface area (Å²) in [5.74, 6) is 0.178. The van der Waals surface area contributed by atoms with Crippen LogP contribution < -0.4 is 0 Å². The van der Waals surface area contributed by atoms with E-state index in [-0.39, 0.29) is 17.3 Å². The van der Waals surface area contributed by atoms with E-state index in [4.69, 9.17) is 8.94 Å². The van der Waals surface area contributed by atoms with E-state index in [2.05, 4.69) is 10.1 Å². The van der Waals surface area contributed by atoms with E-state index in [0.29, 0.717) is 11.3 Å². The van der Waals surface area contributed by atoms with E-state index in [1.165, 1.54) is 19.1 Å². The van der Waals surface area contributed by atoms with Crippen LogP contribution in [0.2, 0.25) is 0 Å². The highest BCUT2D eigenvalue weighted by atomic mass is 19.4. The maximum absolute atomic E-state index is 12.9. The summed E-state index contributed by atoms with van der Waals surface area (Å²) in [7, 11) is 0. The van der Waals surface area contributed by atoms with Gasteiger partial charge in [0.1, 0.15) is 5.58 Å². The van der Waals surface area contributed by atoms with Crippen molar-refractivity contribution in [2.75, 3.05) is 0 Å². The minimum Gasteiger partial charge on any atom is -0.453 e. The number of rotatable bonds is 3. The molecule has 1 N–H and O–H groups in total. The minimum absolute atomic E-state index is 0.0165. The smallest absolute Gasteiger partial charge is 0.416 e. The molecule has 0 radical (unpaired) electrons. The highest BCUT2D eigenvalue weighted by Gasteiger charge is 2.36. The summed E-state index contributed by atoms with van der Waals surface area (Å²) in [6, 6.07) is 13.4. The first kappa shape index (κ1) is 17.3. The van der Waals surface area contributed by atoms with E-state index >= 15 is 0 Å². The number of aliphatic hydroxyl groups is 1. The maximum Gasteiger partial charge on any atom is 0.416 e. The topological polar surface area (TPSA) is 72.3 Å². The molecule has 0 amide bonds. The molecule has 5 nitrogen and oxygen atoms in total. The molecule has 0 unspecified atom stereocenters. The molecule has 0 saturated heterocycles. The second kappa shape index (κ2) is 5.95. The molecule has 4 rings (SSSR count). The quantitative estimate of drug-likeness (QED) is 0.560. The third-order valence-electron chi connectivity index (χ3n) is 4.24. The molecule has 0 aliphatic heterocycles. The van der Waals surface area contributed by atoms with Crippen molar-refractivity contribution >= 4 is 11.0 Å². The van der Waals surface area contributed by atoms with E-state index in [0.717, 1.165) is 17.5 Å². The molecule has 0 spiro atoms. The zero-order chi connectivity index (χ0) is 19.2. The summed E-state index contributed by atoms with van der Waals surface area (Å²) >= 11 is 0. The second-order valence-corrected chi connectivity index (χ2v) is 6.22. The normalized spacial score (nSPS) is 14.4. The number of hydrogen-bond acceptors (Lipinski definition) is 5. The molecular weight excluding hydrogens is 361 g/mol. The van der Waals surface area contributed by atoms with E-state index in [1.807, 2.05) is 18.2 Å². The Morgan fingerprint density at radius 2 is 1.70 bits per heavy atom. The van der Waals surface area contributed by atoms with Gasteiger partial charge in [-0.1, -0.05) is 35.5 Å². The van der Waals surface area contributed by atoms with Crippen molar-refractivity contribution in [1.29, 1.82) is 0 Å². The molecule has 0 saturated carbocycles. The number of aromatic nitrogens is 2. The molecule has 0 aliphatic rings. The number of fused-ring (bicyclic) bond motifs is 1. The summed E-state index contributed by atoms with van der Waals surface area (Å²) in [6.45, 7) is 1.29. The fraction of sp³-hybridized carbons (Fsp3) is 0.158. The monoisotopic (exact) mass is 374 g/mol. The van der Waals surface area contributed by atoms with Gasteiger partial charge in [0.25, 0.3) is 5.89 Å². The van der Waals surface area contributed by atoms with Gasteiger partial charge >= 0.3 is 6.18 Å². The van der Waals surface area contributed by atoms with Gasteiger partial charge in [0, 0.05) is 5.39 Å². The number of nitrogens with zero attached hydrogens (tertiary/aromatic N) is 2. The lowest BCUT2D eigenvalue weighted by Gasteiger charge is -2.20. The Bertz CT molecular complexity index is 1080. The molecule has 8 heteroatoms. The number of furan rings is 1. The lowest BCUT2D eigenvalue weighted by Crippen LogP contribution is -2.24. The first-order valence-electron chi connectivity index (χ1n) is 7.98. The maximum atomic E-state index is 12.9. The van der Waals surface area contributed by atoms with Crippen LogP contribution in [0, 0.1) is 0 Å². The summed E-state index contributed by atoms with van der Waals surface area (Å²) < 4.78 is 49.6. The molecule has 0 bridgehead atoms. The summed E-state index contributed by atoms with van der Waals surface area (Å²) in [6.07, 6.45) is -4.53. The van der Waals surface area contributed by atoms with Crippen LogP contribution >= 0.6 is 0 Å². The van der Waals surface area contributed by atoms with Gasteiger partial charge in [0.05, 0.1) is 5.56 Å². The van der Waals surface area contributed by atoms with Crippen molar-refractivity contribution in [2.45, 2.75) is 18.7 Å². The van der Waals surface area contributed by atoms with Crippen LogP contribution in [0.25, 0.3) is 22.6 Å². The van der Waals surface area contributed by atoms with Crippen LogP contribution in [-0.2, 0) is 11.8 Å². The van der Waals surface area contributed by atoms with Crippen molar-refractivity contribution < 1.29 is 27.2 Å². The largest absolute Gasteiger partial charge is 0.453 e. The molecule has 0 aliphatic carbocycles. The second-order valence-electron chi connectivity index (χ2n) is 6.22. The Morgan fingerprint density at radius 1 is 0.963 bits per heavy atom. The Labute approximate surface area is 151 Å². The summed E-state index contributed by atoms with van der Waals surface area (Å²) in [5, 5.41) is 15.4. The predicted octanol–water partition coefficient (Wildman–Crippen LogP) is 4.76. The first-order chi connectivity index (χ1) is 12.7. The van der Waals surface area contributed by atoms with Gasteiger partial charge in [0.2, 0.25) is 5.82 Å². The standard InChI is InChI=1S/C19H13F3N2O3/c1-18(25,12-6-4-7-13(10-12)19(20,21)22)17-23-16(24-27-17)15-9-11-5-2-3-8-14(11)26-15/h2-10,25H,1H3/t18-/m0/s1. The number of alkyl halides is 3. The molecular formula is C19H13F3N2O3. The Morgan fingerprint density at radius 3 is 2.44 bits per heavy atom. The van der Waals surface area contributed by atoms with E-state index in [1.54, 1.807) is 12.1 Å². The van der Waals surface area contributed by atoms with Gasteiger partial charge in [-0.2, -0.15) is 18.2 Å². The van der Waals surface area contributed by atoms with Crippen LogP contribution in [-0.4, -0.2) is 15.2 Å². The lowest BCUT2D eigenvalue weighted by molar-refractivity contribution is -0.137. The summed E-state index contributed by atoms with van der Waals surface area (Å²) in [5.41, 5.74) is -2.17.